The van der Waals surface area contributed by atoms with Crippen molar-refractivity contribution >= 4 is 28.9 Å². The van der Waals surface area contributed by atoms with Crippen molar-refractivity contribution in [2.45, 2.75) is 18.9 Å². The summed E-state index contributed by atoms with van der Waals surface area (Å²) in [6.07, 6.45) is 1.00. The lowest BCUT2D eigenvalue weighted by atomic mass is 9.99. The quantitative estimate of drug-likeness (QED) is 0.667. The van der Waals surface area contributed by atoms with Gasteiger partial charge in [-0.3, -0.25) is 10.1 Å². The SMILES string of the molecule is NC(Cc1ccc(Cl)cc1)Cc1cc(Cl)ccc1[N+](=O)[O-]. The molecule has 4 nitrogen and oxygen atoms in total. The zero-order valence-electron chi connectivity index (χ0n) is 11.1. The molecule has 2 aromatic rings. The third-order valence-electron chi connectivity index (χ3n) is 3.13. The first kappa shape index (κ1) is 15.8. The van der Waals surface area contributed by atoms with Gasteiger partial charge in [-0.25, -0.2) is 0 Å². The molecule has 0 saturated heterocycles. The fourth-order valence-electron chi connectivity index (χ4n) is 2.17. The van der Waals surface area contributed by atoms with Gasteiger partial charge in [-0.2, -0.15) is 0 Å². The number of hydrogen-bond donors (Lipinski definition) is 1. The van der Waals surface area contributed by atoms with Gasteiger partial charge >= 0.3 is 0 Å². The summed E-state index contributed by atoms with van der Waals surface area (Å²) in [7, 11) is 0. The van der Waals surface area contributed by atoms with E-state index in [1.807, 2.05) is 12.1 Å². The first-order valence-electron chi connectivity index (χ1n) is 6.38. The van der Waals surface area contributed by atoms with E-state index in [2.05, 4.69) is 0 Å². The highest BCUT2D eigenvalue weighted by atomic mass is 35.5. The molecule has 0 saturated carbocycles. The second-order valence-electron chi connectivity index (χ2n) is 4.82. The Morgan fingerprint density at radius 2 is 1.67 bits per heavy atom. The van der Waals surface area contributed by atoms with Crippen LogP contribution in [0.2, 0.25) is 10.0 Å². The summed E-state index contributed by atoms with van der Waals surface area (Å²) >= 11 is 11.7. The first-order chi connectivity index (χ1) is 9.95. The highest BCUT2D eigenvalue weighted by molar-refractivity contribution is 6.30. The molecular formula is C15H14Cl2N2O2. The largest absolute Gasteiger partial charge is 0.327 e. The van der Waals surface area contributed by atoms with Gasteiger partial charge in [-0.15, -0.1) is 0 Å². The number of nitro benzene ring substituents is 1. The molecule has 2 N–H and O–H groups in total. The number of benzene rings is 2. The summed E-state index contributed by atoms with van der Waals surface area (Å²) in [6.45, 7) is 0. The van der Waals surface area contributed by atoms with Gasteiger partial charge < -0.3 is 5.73 Å². The summed E-state index contributed by atoms with van der Waals surface area (Å²) in [4.78, 5) is 10.6. The second-order valence-corrected chi connectivity index (χ2v) is 5.70. The monoisotopic (exact) mass is 324 g/mol. The van der Waals surface area contributed by atoms with Gasteiger partial charge in [-0.05, 0) is 42.7 Å². The van der Waals surface area contributed by atoms with Crippen molar-refractivity contribution in [2.75, 3.05) is 0 Å². The van der Waals surface area contributed by atoms with Gasteiger partial charge in [0.1, 0.15) is 0 Å². The van der Waals surface area contributed by atoms with Crippen LogP contribution in [0.3, 0.4) is 0 Å². The molecule has 0 radical (unpaired) electrons. The van der Waals surface area contributed by atoms with Crippen LogP contribution in [0.5, 0.6) is 0 Å². The lowest BCUT2D eigenvalue weighted by molar-refractivity contribution is -0.385. The number of nitrogens with two attached hydrogens (primary N) is 1. The minimum atomic E-state index is -0.416. The third kappa shape index (κ3) is 4.43. The lowest BCUT2D eigenvalue weighted by Gasteiger charge is -2.12. The number of nitro groups is 1. The molecule has 0 amide bonds. The third-order valence-corrected chi connectivity index (χ3v) is 3.62. The van der Waals surface area contributed by atoms with E-state index in [0.29, 0.717) is 28.5 Å². The molecule has 0 bridgehead atoms. The van der Waals surface area contributed by atoms with Gasteiger partial charge in [0, 0.05) is 27.7 Å². The van der Waals surface area contributed by atoms with E-state index >= 15 is 0 Å². The summed E-state index contributed by atoms with van der Waals surface area (Å²) in [6, 6.07) is 11.7. The lowest BCUT2D eigenvalue weighted by Crippen LogP contribution is -2.25. The second kappa shape index (κ2) is 6.89. The minimum Gasteiger partial charge on any atom is -0.327 e. The van der Waals surface area contributed by atoms with E-state index in [4.69, 9.17) is 28.9 Å². The maximum absolute atomic E-state index is 11.0. The molecule has 1 atom stereocenters. The zero-order valence-corrected chi connectivity index (χ0v) is 12.6. The summed E-state index contributed by atoms with van der Waals surface area (Å²) in [5.74, 6) is 0. The smallest absolute Gasteiger partial charge is 0.272 e. The molecule has 0 spiro atoms. The minimum absolute atomic E-state index is 0.0472. The topological polar surface area (TPSA) is 69.2 Å². The van der Waals surface area contributed by atoms with Gasteiger partial charge in [0.15, 0.2) is 0 Å². The molecule has 21 heavy (non-hydrogen) atoms. The molecule has 6 heteroatoms. The van der Waals surface area contributed by atoms with Crippen LogP contribution in [-0.4, -0.2) is 11.0 Å². The Morgan fingerprint density at radius 1 is 1.05 bits per heavy atom. The van der Waals surface area contributed by atoms with E-state index < -0.39 is 4.92 Å². The van der Waals surface area contributed by atoms with Crippen molar-refractivity contribution < 1.29 is 4.92 Å². The molecule has 0 aliphatic carbocycles. The van der Waals surface area contributed by atoms with Crippen molar-refractivity contribution in [1.29, 1.82) is 0 Å². The summed E-state index contributed by atoms with van der Waals surface area (Å²) in [5.41, 5.74) is 7.73. The van der Waals surface area contributed by atoms with Gasteiger partial charge in [0.25, 0.3) is 5.69 Å². The van der Waals surface area contributed by atoms with Crippen LogP contribution >= 0.6 is 23.2 Å². The van der Waals surface area contributed by atoms with Crippen molar-refractivity contribution in [3.8, 4) is 0 Å². The van der Waals surface area contributed by atoms with Crippen molar-refractivity contribution in [2.24, 2.45) is 5.73 Å². The molecule has 0 aliphatic heterocycles. The molecule has 2 aromatic carbocycles. The fraction of sp³-hybridized carbons (Fsp3) is 0.200. The Labute approximate surface area is 132 Å². The van der Waals surface area contributed by atoms with Crippen LogP contribution < -0.4 is 5.73 Å². The van der Waals surface area contributed by atoms with Crippen molar-refractivity contribution in [1.82, 2.24) is 0 Å². The standard InChI is InChI=1S/C15H14Cl2N2O2/c16-12-3-1-10(2-4-12)7-14(18)9-11-8-13(17)5-6-15(11)19(20)21/h1-6,8,14H,7,9,18H2. The Balaban J connectivity index is 2.12. The summed E-state index contributed by atoms with van der Waals surface area (Å²) in [5, 5.41) is 12.1. The number of halogens is 2. The summed E-state index contributed by atoms with van der Waals surface area (Å²) < 4.78 is 0. The van der Waals surface area contributed by atoms with Crippen LogP contribution in [0.1, 0.15) is 11.1 Å². The predicted molar refractivity (Wildman–Crippen MR) is 84.9 cm³/mol. The van der Waals surface area contributed by atoms with Crippen molar-refractivity contribution in [3.05, 3.63) is 73.8 Å². The Bertz CT molecular complexity index is 645. The van der Waals surface area contributed by atoms with Gasteiger partial charge in [-0.1, -0.05) is 35.3 Å². The van der Waals surface area contributed by atoms with Crippen LogP contribution in [0, 0.1) is 10.1 Å². The first-order valence-corrected chi connectivity index (χ1v) is 7.14. The zero-order chi connectivity index (χ0) is 15.4. The fourth-order valence-corrected chi connectivity index (χ4v) is 2.49. The average molecular weight is 325 g/mol. The molecule has 2 rings (SSSR count). The van der Waals surface area contributed by atoms with Gasteiger partial charge in [0.05, 0.1) is 4.92 Å². The molecule has 0 heterocycles. The van der Waals surface area contributed by atoms with Crippen molar-refractivity contribution in [3.63, 3.8) is 0 Å². The highest BCUT2D eigenvalue weighted by Crippen LogP contribution is 2.24. The number of hydrogen-bond acceptors (Lipinski definition) is 3. The Morgan fingerprint density at radius 3 is 2.29 bits per heavy atom. The normalized spacial score (nSPS) is 12.1. The number of rotatable bonds is 5. The van der Waals surface area contributed by atoms with E-state index in [0.717, 1.165) is 5.56 Å². The molecule has 0 aliphatic rings. The average Bonchev–Trinajstić information content (AvgIpc) is 2.41. The maximum Gasteiger partial charge on any atom is 0.272 e. The molecular weight excluding hydrogens is 311 g/mol. The van der Waals surface area contributed by atoms with Crippen LogP contribution in [0.25, 0.3) is 0 Å². The van der Waals surface area contributed by atoms with E-state index in [1.165, 1.54) is 12.1 Å². The van der Waals surface area contributed by atoms with E-state index in [-0.39, 0.29) is 11.7 Å². The van der Waals surface area contributed by atoms with Crippen LogP contribution in [0.4, 0.5) is 5.69 Å². The van der Waals surface area contributed by atoms with Gasteiger partial charge in [0.2, 0.25) is 0 Å². The van der Waals surface area contributed by atoms with Crippen LogP contribution in [0.15, 0.2) is 42.5 Å². The molecule has 1 unspecified atom stereocenters. The van der Waals surface area contributed by atoms with E-state index in [1.54, 1.807) is 18.2 Å². The Hall–Kier alpha value is -1.62. The molecule has 0 fully saturated rings. The number of nitrogens with zero attached hydrogens (tertiary/aromatic N) is 1. The predicted octanol–water partition coefficient (Wildman–Crippen LogP) is 4.01. The van der Waals surface area contributed by atoms with Crippen LogP contribution in [-0.2, 0) is 12.8 Å². The maximum atomic E-state index is 11.0. The molecule has 0 aromatic heterocycles. The Kier molecular flexibility index (Phi) is 5.17. The highest BCUT2D eigenvalue weighted by Gasteiger charge is 2.16. The molecule has 110 valence electrons. The van der Waals surface area contributed by atoms with E-state index in [9.17, 15) is 10.1 Å².